The standard InChI is InChI=1S/C32H25FN4O4S3/c1-18-29(43-19(2)34-18)27(38)25-26(22-9-6-10-24(15-22)41-16-20-7-4-3-5-8-20)37(30(40)28(25)39)31-35-36-32(44-31)42-17-21-11-13-23(33)14-12-21/h3-15,26,39H,16-17H2,1-2H3. The zero-order valence-electron chi connectivity index (χ0n) is 23.6. The van der Waals surface area contributed by atoms with Gasteiger partial charge in [0.1, 0.15) is 18.2 Å². The van der Waals surface area contributed by atoms with Crippen molar-refractivity contribution < 1.29 is 23.8 Å². The van der Waals surface area contributed by atoms with Crippen LogP contribution in [0.25, 0.3) is 0 Å². The third-order valence-corrected chi connectivity index (χ3v) is 10.1. The van der Waals surface area contributed by atoms with E-state index in [0.29, 0.717) is 43.6 Å². The molecule has 0 saturated heterocycles. The second-order valence-corrected chi connectivity index (χ2v) is 13.3. The molecule has 1 aliphatic heterocycles. The summed E-state index contributed by atoms with van der Waals surface area (Å²) in [5, 5.41) is 20.6. The number of carbonyl (C=O) groups excluding carboxylic acids is 2. The van der Waals surface area contributed by atoms with E-state index >= 15 is 0 Å². The van der Waals surface area contributed by atoms with Gasteiger partial charge in [-0.3, -0.25) is 14.5 Å². The van der Waals surface area contributed by atoms with E-state index in [2.05, 4.69) is 15.2 Å². The monoisotopic (exact) mass is 644 g/mol. The SMILES string of the molecule is Cc1nc(C)c(C(=O)C2=C(O)C(=O)N(c3nnc(SCc4ccc(F)cc4)s3)C2c2cccc(OCc3ccccc3)c2)s1. The number of aromatic nitrogens is 3. The van der Waals surface area contributed by atoms with Gasteiger partial charge in [0.05, 0.1) is 27.2 Å². The van der Waals surface area contributed by atoms with Crippen molar-refractivity contribution in [3.05, 3.63) is 128 Å². The zero-order chi connectivity index (χ0) is 30.8. The van der Waals surface area contributed by atoms with Crippen molar-refractivity contribution in [2.24, 2.45) is 0 Å². The number of carbonyl (C=O) groups is 2. The van der Waals surface area contributed by atoms with Gasteiger partial charge in [-0.15, -0.1) is 21.5 Å². The first-order chi connectivity index (χ1) is 21.3. The Morgan fingerprint density at radius 3 is 2.50 bits per heavy atom. The van der Waals surface area contributed by atoms with E-state index in [1.165, 1.54) is 51.5 Å². The smallest absolute Gasteiger partial charge is 0.296 e. The molecule has 3 aromatic carbocycles. The van der Waals surface area contributed by atoms with Crippen molar-refractivity contribution in [3.8, 4) is 5.75 Å². The molecule has 3 heterocycles. The molecule has 12 heteroatoms. The van der Waals surface area contributed by atoms with Crippen molar-refractivity contribution in [3.63, 3.8) is 0 Å². The van der Waals surface area contributed by atoms with Crippen LogP contribution in [0.2, 0.25) is 0 Å². The molecule has 1 aliphatic rings. The number of benzene rings is 3. The summed E-state index contributed by atoms with van der Waals surface area (Å²) in [6.45, 7) is 3.85. The van der Waals surface area contributed by atoms with E-state index in [1.807, 2.05) is 30.3 Å². The highest BCUT2D eigenvalue weighted by molar-refractivity contribution is 8.00. The fraction of sp³-hybridized carbons (Fsp3) is 0.156. The average molecular weight is 645 g/mol. The highest BCUT2D eigenvalue weighted by Crippen LogP contribution is 2.45. The fourth-order valence-electron chi connectivity index (χ4n) is 4.81. The van der Waals surface area contributed by atoms with E-state index in [9.17, 15) is 19.1 Å². The molecule has 44 heavy (non-hydrogen) atoms. The number of hydrogen-bond donors (Lipinski definition) is 1. The van der Waals surface area contributed by atoms with Gasteiger partial charge >= 0.3 is 0 Å². The molecule has 5 aromatic rings. The summed E-state index contributed by atoms with van der Waals surface area (Å²) in [6.07, 6.45) is 0. The molecule has 0 spiro atoms. The molecule has 0 bridgehead atoms. The molecule has 1 amide bonds. The summed E-state index contributed by atoms with van der Waals surface area (Å²) in [6, 6.07) is 22.0. The second-order valence-electron chi connectivity index (χ2n) is 9.93. The number of halogens is 1. The lowest BCUT2D eigenvalue weighted by molar-refractivity contribution is -0.117. The van der Waals surface area contributed by atoms with Crippen molar-refractivity contribution in [2.75, 3.05) is 4.90 Å². The first kappa shape index (κ1) is 29.7. The van der Waals surface area contributed by atoms with Gasteiger partial charge in [-0.2, -0.15) is 0 Å². The third-order valence-electron chi connectivity index (χ3n) is 6.86. The van der Waals surface area contributed by atoms with Gasteiger partial charge in [-0.25, -0.2) is 9.37 Å². The summed E-state index contributed by atoms with van der Waals surface area (Å²) < 4.78 is 19.9. The van der Waals surface area contributed by atoms with Crippen LogP contribution < -0.4 is 9.64 Å². The number of anilines is 1. The number of nitrogens with zero attached hydrogens (tertiary/aromatic N) is 4. The average Bonchev–Trinajstić information content (AvgIpc) is 3.71. The molecule has 0 fully saturated rings. The number of thiazole rings is 1. The number of Topliss-reactive ketones (excluding diaryl/α,β-unsaturated/α-hetero) is 1. The van der Waals surface area contributed by atoms with Gasteiger partial charge in [0.2, 0.25) is 10.9 Å². The summed E-state index contributed by atoms with van der Waals surface area (Å²) in [4.78, 5) is 33.7. The lowest BCUT2D eigenvalue weighted by Gasteiger charge is -2.24. The van der Waals surface area contributed by atoms with Gasteiger partial charge in [0.25, 0.3) is 5.91 Å². The highest BCUT2D eigenvalue weighted by Gasteiger charge is 2.46. The second kappa shape index (κ2) is 12.7. The molecule has 2 aromatic heterocycles. The lowest BCUT2D eigenvalue weighted by Crippen LogP contribution is -2.31. The van der Waals surface area contributed by atoms with E-state index in [1.54, 1.807) is 50.2 Å². The van der Waals surface area contributed by atoms with Crippen molar-refractivity contribution in [1.82, 2.24) is 15.2 Å². The summed E-state index contributed by atoms with van der Waals surface area (Å²) in [7, 11) is 0. The minimum absolute atomic E-state index is 0.0577. The Hall–Kier alpha value is -4.39. The van der Waals surface area contributed by atoms with E-state index in [-0.39, 0.29) is 16.5 Å². The maximum absolute atomic E-state index is 14.0. The quantitative estimate of drug-likeness (QED) is 0.0953. The van der Waals surface area contributed by atoms with Crippen LogP contribution in [0.1, 0.15) is 43.1 Å². The fourth-order valence-corrected chi connectivity index (χ4v) is 7.51. The largest absolute Gasteiger partial charge is 0.503 e. The summed E-state index contributed by atoms with van der Waals surface area (Å²) in [5.74, 6) is -1.13. The molecular formula is C32H25FN4O4S3. The van der Waals surface area contributed by atoms with Crippen LogP contribution in [0.15, 0.2) is 94.5 Å². The van der Waals surface area contributed by atoms with Crippen molar-refractivity contribution in [2.45, 2.75) is 36.6 Å². The first-order valence-corrected chi connectivity index (χ1v) is 16.1. The van der Waals surface area contributed by atoms with Crippen LogP contribution in [-0.2, 0) is 17.2 Å². The van der Waals surface area contributed by atoms with Crippen LogP contribution in [0, 0.1) is 19.7 Å². The molecule has 222 valence electrons. The molecule has 1 atom stereocenters. The summed E-state index contributed by atoms with van der Waals surface area (Å²) in [5.41, 5.74) is 2.92. The molecule has 1 N–H and O–H groups in total. The van der Waals surface area contributed by atoms with Crippen LogP contribution >= 0.6 is 34.4 Å². The Morgan fingerprint density at radius 2 is 1.77 bits per heavy atom. The van der Waals surface area contributed by atoms with E-state index < -0.39 is 23.5 Å². The normalized spacial score (nSPS) is 14.8. The minimum atomic E-state index is -0.986. The highest BCUT2D eigenvalue weighted by atomic mass is 32.2. The number of aryl methyl sites for hydroxylation is 2. The van der Waals surface area contributed by atoms with Gasteiger partial charge in [-0.05, 0) is 54.8 Å². The first-order valence-electron chi connectivity index (χ1n) is 13.5. The number of hydrogen-bond acceptors (Lipinski definition) is 10. The molecule has 8 nitrogen and oxygen atoms in total. The number of aliphatic hydroxyl groups is 1. The van der Waals surface area contributed by atoms with Crippen molar-refractivity contribution >= 4 is 51.3 Å². The van der Waals surface area contributed by atoms with E-state index in [0.717, 1.165) is 11.1 Å². The Labute approximate surface area is 264 Å². The Morgan fingerprint density at radius 1 is 1.00 bits per heavy atom. The molecule has 0 saturated carbocycles. The Bertz CT molecular complexity index is 1870. The maximum atomic E-state index is 14.0. The van der Waals surface area contributed by atoms with Crippen LogP contribution in [0.4, 0.5) is 9.52 Å². The Balaban J connectivity index is 1.34. The molecular weight excluding hydrogens is 620 g/mol. The number of amides is 1. The topological polar surface area (TPSA) is 106 Å². The predicted molar refractivity (Wildman–Crippen MR) is 169 cm³/mol. The lowest BCUT2D eigenvalue weighted by atomic mass is 9.95. The number of aliphatic hydroxyl groups excluding tert-OH is 1. The van der Waals surface area contributed by atoms with Gasteiger partial charge < -0.3 is 9.84 Å². The van der Waals surface area contributed by atoms with Crippen molar-refractivity contribution in [1.29, 1.82) is 0 Å². The van der Waals surface area contributed by atoms with Crippen LogP contribution in [0.3, 0.4) is 0 Å². The Kier molecular flexibility index (Phi) is 8.56. The molecule has 0 aliphatic carbocycles. The number of rotatable bonds is 10. The van der Waals surface area contributed by atoms with E-state index in [4.69, 9.17) is 4.74 Å². The number of thioether (sulfide) groups is 1. The third kappa shape index (κ3) is 6.14. The molecule has 0 radical (unpaired) electrons. The maximum Gasteiger partial charge on any atom is 0.296 e. The molecule has 1 unspecified atom stereocenters. The van der Waals surface area contributed by atoms with Crippen LogP contribution in [-0.4, -0.2) is 32.0 Å². The predicted octanol–water partition coefficient (Wildman–Crippen LogP) is 7.40. The number of ether oxygens (including phenoxy) is 1. The zero-order valence-corrected chi connectivity index (χ0v) is 26.0. The molecule has 6 rings (SSSR count). The summed E-state index contributed by atoms with van der Waals surface area (Å²) >= 11 is 3.77. The van der Waals surface area contributed by atoms with Crippen LogP contribution in [0.5, 0.6) is 5.75 Å². The van der Waals surface area contributed by atoms with Gasteiger partial charge in [0.15, 0.2) is 10.1 Å². The van der Waals surface area contributed by atoms with Gasteiger partial charge in [0, 0.05) is 5.75 Å². The van der Waals surface area contributed by atoms with Gasteiger partial charge in [-0.1, -0.05) is 77.7 Å². The minimum Gasteiger partial charge on any atom is -0.503 e. The number of ketones is 1.